The van der Waals surface area contributed by atoms with Gasteiger partial charge in [0.05, 0.1) is 0 Å². The van der Waals surface area contributed by atoms with E-state index in [9.17, 15) is 0 Å². The van der Waals surface area contributed by atoms with Crippen molar-refractivity contribution >= 4 is 0 Å². The third-order valence-corrected chi connectivity index (χ3v) is 0.843. The van der Waals surface area contributed by atoms with Crippen molar-refractivity contribution in [3.05, 3.63) is 42.8 Å². The normalized spacial score (nSPS) is 7.62. The van der Waals surface area contributed by atoms with Crippen LogP contribution in [0.3, 0.4) is 0 Å². The second-order valence-electron chi connectivity index (χ2n) is 1.49. The molecule has 8 heavy (non-hydrogen) atoms. The number of benzene rings is 1. The van der Waals surface area contributed by atoms with Gasteiger partial charge in [-0.05, 0) is 12.5 Å². The zero-order valence-corrected chi connectivity index (χ0v) is 6.68. The van der Waals surface area contributed by atoms with Crippen LogP contribution in [0.1, 0.15) is 5.56 Å². The summed E-state index contributed by atoms with van der Waals surface area (Å²) in [7, 11) is 0. The zero-order valence-electron chi connectivity index (χ0n) is 4.41. The van der Waals surface area contributed by atoms with E-state index in [1.165, 1.54) is 0 Å². The Kier molecular flexibility index (Phi) is 3.81. The summed E-state index contributed by atoms with van der Waals surface area (Å²) < 4.78 is 0. The van der Waals surface area contributed by atoms with E-state index in [1.54, 1.807) is 0 Å². The molecule has 45 valence electrons. The third-order valence-electron chi connectivity index (χ3n) is 0.843. The fourth-order valence-electron chi connectivity index (χ4n) is 0.478. The van der Waals surface area contributed by atoms with Gasteiger partial charge in [-0.25, -0.2) is 0 Å². The summed E-state index contributed by atoms with van der Waals surface area (Å²) in [6.07, 6.45) is 0. The van der Waals surface area contributed by atoms with Crippen LogP contribution in [-0.2, 0) is 21.1 Å². The molecule has 0 atom stereocenters. The minimum atomic E-state index is 0. The number of rotatable bonds is 0. The maximum absolute atomic E-state index is 3.72. The third kappa shape index (κ3) is 2.28. The van der Waals surface area contributed by atoms with Crippen molar-refractivity contribution in [2.24, 2.45) is 0 Å². The predicted molar refractivity (Wildman–Crippen MR) is 30.9 cm³/mol. The predicted octanol–water partition coefficient (Wildman–Crippen LogP) is 1.87. The molecule has 0 saturated heterocycles. The molecule has 1 rings (SSSR count). The van der Waals surface area contributed by atoms with E-state index in [4.69, 9.17) is 0 Å². The monoisotopic (exact) mass is 286 g/mol. The van der Waals surface area contributed by atoms with Gasteiger partial charge in [0.1, 0.15) is 0 Å². The number of hydrogen-bond donors (Lipinski definition) is 0. The maximum atomic E-state index is 3.72. The summed E-state index contributed by atoms with van der Waals surface area (Å²) >= 11 is 0. The molecule has 0 aliphatic heterocycles. The van der Waals surface area contributed by atoms with Crippen molar-refractivity contribution < 1.29 is 21.1 Å². The zero-order chi connectivity index (χ0) is 5.11. The van der Waals surface area contributed by atoms with E-state index in [-0.39, 0.29) is 21.1 Å². The van der Waals surface area contributed by atoms with E-state index in [0.29, 0.717) is 0 Å². The first-order chi connectivity index (χ1) is 3.39. The van der Waals surface area contributed by atoms with Crippen LogP contribution >= 0.6 is 0 Å². The first kappa shape index (κ1) is 7.91. The van der Waals surface area contributed by atoms with Gasteiger partial charge in [0.15, 0.2) is 0 Å². The molecule has 0 saturated carbocycles. The van der Waals surface area contributed by atoms with Crippen molar-refractivity contribution in [3.63, 3.8) is 0 Å². The van der Waals surface area contributed by atoms with Gasteiger partial charge in [-0.1, -0.05) is 30.3 Å². The summed E-state index contributed by atoms with van der Waals surface area (Å²) in [5.41, 5.74) is 1.07. The van der Waals surface area contributed by atoms with Gasteiger partial charge in [-0.15, -0.1) is 0 Å². The maximum Gasteiger partial charge on any atom is 0 e. The van der Waals surface area contributed by atoms with Crippen molar-refractivity contribution in [3.8, 4) is 0 Å². The Morgan fingerprint density at radius 2 is 1.50 bits per heavy atom. The molecule has 0 spiro atoms. The smallest absolute Gasteiger partial charge is 0 e. The van der Waals surface area contributed by atoms with Crippen LogP contribution in [0.2, 0.25) is 0 Å². The van der Waals surface area contributed by atoms with Gasteiger partial charge in [0.2, 0.25) is 0 Å². The Morgan fingerprint density at radius 1 is 1.00 bits per heavy atom. The fraction of sp³-hybridized carbons (Fsp3) is 0. The molecule has 0 heterocycles. The molecule has 0 aliphatic rings. The molecule has 0 aliphatic carbocycles. The summed E-state index contributed by atoms with van der Waals surface area (Å²) in [5, 5.41) is 0. The van der Waals surface area contributed by atoms with Crippen LogP contribution in [0.5, 0.6) is 0 Å². The summed E-state index contributed by atoms with van der Waals surface area (Å²) in [4.78, 5) is 0. The Morgan fingerprint density at radius 3 is 1.75 bits per heavy atom. The average Bonchev–Trinajstić information content (AvgIpc) is 1.69. The molecule has 1 heteroatoms. The van der Waals surface area contributed by atoms with Crippen molar-refractivity contribution in [2.45, 2.75) is 0 Å². The van der Waals surface area contributed by atoms with Crippen LogP contribution in [0.15, 0.2) is 30.3 Å². The quantitative estimate of drug-likeness (QED) is 0.683. The van der Waals surface area contributed by atoms with Gasteiger partial charge >= 0.3 is 0 Å². The second kappa shape index (κ2) is 3.86. The van der Waals surface area contributed by atoms with E-state index in [2.05, 4.69) is 6.92 Å². The van der Waals surface area contributed by atoms with E-state index in [1.807, 2.05) is 30.3 Å². The van der Waals surface area contributed by atoms with Gasteiger partial charge in [-0.2, -0.15) is 0 Å². The summed E-state index contributed by atoms with van der Waals surface area (Å²) in [5.74, 6) is 0. The van der Waals surface area contributed by atoms with Crippen LogP contribution in [0.4, 0.5) is 0 Å². The summed E-state index contributed by atoms with van der Waals surface area (Å²) in [6.45, 7) is 3.72. The SMILES string of the molecule is [CH2]c1ccccc1.[Pt]. The molecule has 1 aromatic rings. The van der Waals surface area contributed by atoms with Crippen LogP contribution in [-0.4, -0.2) is 0 Å². The fourth-order valence-corrected chi connectivity index (χ4v) is 0.478. The average molecular weight is 286 g/mol. The molecule has 1 radical (unpaired) electrons. The van der Waals surface area contributed by atoms with Crippen molar-refractivity contribution in [1.29, 1.82) is 0 Å². The number of hydrogen-bond acceptors (Lipinski definition) is 0. The largest absolute Gasteiger partial charge is 0.0622 e. The van der Waals surface area contributed by atoms with Gasteiger partial charge in [-0.3, -0.25) is 0 Å². The molecule has 0 fully saturated rings. The van der Waals surface area contributed by atoms with Crippen molar-refractivity contribution in [2.75, 3.05) is 0 Å². The van der Waals surface area contributed by atoms with Crippen LogP contribution in [0.25, 0.3) is 0 Å². The van der Waals surface area contributed by atoms with E-state index >= 15 is 0 Å². The Bertz CT molecular complexity index is 134. The molecule has 0 N–H and O–H groups in total. The van der Waals surface area contributed by atoms with E-state index < -0.39 is 0 Å². The standard InChI is InChI=1S/C7H7.Pt/c1-7-5-3-2-4-6-7;/h2-6H,1H2;. The van der Waals surface area contributed by atoms with Gasteiger partial charge < -0.3 is 0 Å². The minimum absolute atomic E-state index is 0. The minimum Gasteiger partial charge on any atom is -0.0622 e. The van der Waals surface area contributed by atoms with Gasteiger partial charge in [0, 0.05) is 21.1 Å². The van der Waals surface area contributed by atoms with Gasteiger partial charge in [0.25, 0.3) is 0 Å². The molecule has 0 amide bonds. The molecule has 1 aromatic carbocycles. The first-order valence-corrected chi connectivity index (χ1v) is 2.26. The molecule has 0 bridgehead atoms. The second-order valence-corrected chi connectivity index (χ2v) is 1.49. The molecule has 0 aromatic heterocycles. The summed E-state index contributed by atoms with van der Waals surface area (Å²) in [6, 6.07) is 9.87. The van der Waals surface area contributed by atoms with Crippen LogP contribution < -0.4 is 0 Å². The Balaban J connectivity index is 0.000000490. The van der Waals surface area contributed by atoms with Crippen molar-refractivity contribution in [1.82, 2.24) is 0 Å². The Labute approximate surface area is 64.2 Å². The molecule has 0 unspecified atom stereocenters. The molecular formula is C7H7Pt. The molecular weight excluding hydrogens is 279 g/mol. The topological polar surface area (TPSA) is 0 Å². The van der Waals surface area contributed by atoms with E-state index in [0.717, 1.165) is 5.56 Å². The first-order valence-electron chi connectivity index (χ1n) is 2.26. The van der Waals surface area contributed by atoms with Crippen LogP contribution in [0, 0.1) is 6.92 Å². The Hall–Kier alpha value is -0.0917. The molecule has 0 nitrogen and oxygen atoms in total.